The maximum Gasteiger partial charge on any atom is 0.326 e. The average molecular weight is 208 g/mol. The van der Waals surface area contributed by atoms with Crippen LogP contribution in [0.4, 0.5) is 4.79 Å². The quantitative estimate of drug-likeness (QED) is 0.788. The molecule has 0 bridgehead atoms. The largest absolute Gasteiger partial charge is 0.336 e. The van der Waals surface area contributed by atoms with Crippen LogP contribution < -0.4 is 5.32 Å². The number of carbonyl (C=O) groups is 1. The lowest BCUT2D eigenvalue weighted by Gasteiger charge is -2.14. The normalized spacial score (nSPS) is 16.8. The predicted octanol–water partition coefficient (Wildman–Crippen LogP) is 0.537. The highest BCUT2D eigenvalue weighted by molar-refractivity contribution is 5.76. The van der Waals surface area contributed by atoms with E-state index >= 15 is 0 Å². The Balaban J connectivity index is 1.67. The van der Waals surface area contributed by atoms with Crippen LogP contribution in [-0.2, 0) is 0 Å². The van der Waals surface area contributed by atoms with Gasteiger partial charge in [-0.1, -0.05) is 0 Å². The summed E-state index contributed by atoms with van der Waals surface area (Å²) in [4.78, 5) is 17.7. The zero-order chi connectivity index (χ0) is 10.5. The number of imidazole rings is 1. The van der Waals surface area contributed by atoms with E-state index in [0.29, 0.717) is 6.54 Å². The van der Waals surface area contributed by atoms with Crippen molar-refractivity contribution >= 4 is 6.03 Å². The number of rotatable bonds is 3. The van der Waals surface area contributed by atoms with Gasteiger partial charge >= 0.3 is 6.03 Å². The molecule has 5 nitrogen and oxygen atoms in total. The van der Waals surface area contributed by atoms with Crippen LogP contribution in [0.3, 0.4) is 0 Å². The molecule has 2 heterocycles. The maximum atomic E-state index is 11.5. The van der Waals surface area contributed by atoms with Crippen molar-refractivity contribution in [2.24, 2.45) is 0 Å². The fraction of sp³-hybridized carbons (Fsp3) is 0.600. The minimum absolute atomic E-state index is 0.105. The van der Waals surface area contributed by atoms with Crippen molar-refractivity contribution in [3.8, 4) is 0 Å². The van der Waals surface area contributed by atoms with Gasteiger partial charge in [0.2, 0.25) is 0 Å². The molecule has 0 aliphatic carbocycles. The zero-order valence-electron chi connectivity index (χ0n) is 8.72. The van der Waals surface area contributed by atoms with E-state index in [2.05, 4.69) is 15.2 Å². The molecule has 0 saturated carbocycles. The van der Waals surface area contributed by atoms with Crippen LogP contribution in [0.25, 0.3) is 0 Å². The smallest absolute Gasteiger partial charge is 0.326 e. The van der Waals surface area contributed by atoms with E-state index in [1.807, 2.05) is 0 Å². The monoisotopic (exact) mass is 208 g/mol. The Kier molecular flexibility index (Phi) is 3.34. The van der Waals surface area contributed by atoms with E-state index in [1.54, 1.807) is 12.4 Å². The molecule has 82 valence electrons. The van der Waals surface area contributed by atoms with E-state index < -0.39 is 0 Å². The van der Waals surface area contributed by atoms with Crippen LogP contribution in [0.5, 0.6) is 0 Å². The number of amides is 1. The molecule has 0 radical (unpaired) electrons. The summed E-state index contributed by atoms with van der Waals surface area (Å²) in [6.07, 6.45) is 7.32. The summed E-state index contributed by atoms with van der Waals surface area (Å²) in [6, 6.07) is -0.105. The average Bonchev–Trinajstić information content (AvgIpc) is 2.90. The van der Waals surface area contributed by atoms with Crippen LogP contribution in [0.2, 0.25) is 0 Å². The number of hydrogen-bond acceptors (Lipinski definition) is 3. The van der Waals surface area contributed by atoms with E-state index in [9.17, 15) is 4.79 Å². The molecule has 0 aromatic carbocycles. The van der Waals surface area contributed by atoms with Crippen LogP contribution in [0, 0.1) is 0 Å². The number of likely N-dealkylation sites (tertiary alicyclic amines) is 1. The Morgan fingerprint density at radius 1 is 1.40 bits per heavy atom. The number of nitrogens with zero attached hydrogens (tertiary/aromatic N) is 3. The SMILES string of the molecule is O=C(NCCN1CCCC1)n1ccnc1. The topological polar surface area (TPSA) is 50.2 Å². The number of carbonyl (C=O) groups excluding carboxylic acids is 1. The summed E-state index contributed by atoms with van der Waals surface area (Å²) < 4.78 is 1.45. The van der Waals surface area contributed by atoms with Crippen molar-refractivity contribution in [1.29, 1.82) is 0 Å². The van der Waals surface area contributed by atoms with Gasteiger partial charge in [-0.25, -0.2) is 9.78 Å². The Bertz CT molecular complexity index is 303. The molecule has 1 N–H and O–H groups in total. The Labute approximate surface area is 89.1 Å². The van der Waals surface area contributed by atoms with Gasteiger partial charge in [0.15, 0.2) is 0 Å². The van der Waals surface area contributed by atoms with E-state index in [1.165, 1.54) is 36.8 Å². The van der Waals surface area contributed by atoms with Gasteiger partial charge in [-0.3, -0.25) is 4.57 Å². The number of nitrogens with one attached hydrogen (secondary N) is 1. The second-order valence-corrected chi connectivity index (χ2v) is 3.75. The fourth-order valence-corrected chi connectivity index (χ4v) is 1.80. The zero-order valence-corrected chi connectivity index (χ0v) is 8.72. The summed E-state index contributed by atoms with van der Waals surface area (Å²) in [5.41, 5.74) is 0. The molecule has 0 spiro atoms. The molecule has 15 heavy (non-hydrogen) atoms. The first-order chi connectivity index (χ1) is 7.36. The lowest BCUT2D eigenvalue weighted by atomic mass is 10.4. The summed E-state index contributed by atoms with van der Waals surface area (Å²) in [7, 11) is 0. The minimum atomic E-state index is -0.105. The van der Waals surface area contributed by atoms with Crippen LogP contribution in [0.15, 0.2) is 18.7 Å². The summed E-state index contributed by atoms with van der Waals surface area (Å²) >= 11 is 0. The molecule has 2 rings (SSSR count). The van der Waals surface area contributed by atoms with Crippen molar-refractivity contribution in [3.63, 3.8) is 0 Å². The van der Waals surface area contributed by atoms with Gasteiger partial charge in [0.05, 0.1) is 0 Å². The van der Waals surface area contributed by atoms with Crippen molar-refractivity contribution in [3.05, 3.63) is 18.7 Å². The third-order valence-corrected chi connectivity index (χ3v) is 2.64. The first kappa shape index (κ1) is 10.2. The molecule has 0 unspecified atom stereocenters. The fourth-order valence-electron chi connectivity index (χ4n) is 1.80. The molecule has 0 atom stereocenters. The molecular formula is C10H16N4O. The van der Waals surface area contributed by atoms with Crippen molar-refractivity contribution < 1.29 is 4.79 Å². The van der Waals surface area contributed by atoms with Crippen molar-refractivity contribution in [2.45, 2.75) is 12.8 Å². The highest BCUT2D eigenvalue weighted by Gasteiger charge is 2.11. The van der Waals surface area contributed by atoms with Gasteiger partial charge < -0.3 is 10.2 Å². The summed E-state index contributed by atoms with van der Waals surface area (Å²) in [5, 5.41) is 2.85. The maximum absolute atomic E-state index is 11.5. The van der Waals surface area contributed by atoms with Crippen molar-refractivity contribution in [1.82, 2.24) is 19.8 Å². The summed E-state index contributed by atoms with van der Waals surface area (Å²) in [6.45, 7) is 3.99. The first-order valence-corrected chi connectivity index (χ1v) is 5.35. The second-order valence-electron chi connectivity index (χ2n) is 3.75. The Morgan fingerprint density at radius 2 is 2.20 bits per heavy atom. The molecule has 1 amide bonds. The van der Waals surface area contributed by atoms with Gasteiger partial charge in [-0.15, -0.1) is 0 Å². The molecule has 1 fully saturated rings. The lowest BCUT2D eigenvalue weighted by molar-refractivity contribution is 0.239. The van der Waals surface area contributed by atoms with Gasteiger partial charge in [0.25, 0.3) is 0 Å². The highest BCUT2D eigenvalue weighted by atomic mass is 16.2. The summed E-state index contributed by atoms with van der Waals surface area (Å²) in [5.74, 6) is 0. The second kappa shape index (κ2) is 4.93. The molecular weight excluding hydrogens is 192 g/mol. The first-order valence-electron chi connectivity index (χ1n) is 5.35. The molecule has 1 aromatic heterocycles. The third-order valence-electron chi connectivity index (χ3n) is 2.64. The molecule has 5 heteroatoms. The van der Waals surface area contributed by atoms with E-state index in [4.69, 9.17) is 0 Å². The van der Waals surface area contributed by atoms with E-state index in [-0.39, 0.29) is 6.03 Å². The molecule has 1 aliphatic heterocycles. The van der Waals surface area contributed by atoms with Crippen LogP contribution >= 0.6 is 0 Å². The molecule has 1 saturated heterocycles. The van der Waals surface area contributed by atoms with Gasteiger partial charge in [-0.05, 0) is 25.9 Å². The Hall–Kier alpha value is -1.36. The third kappa shape index (κ3) is 2.79. The number of aromatic nitrogens is 2. The van der Waals surface area contributed by atoms with E-state index in [0.717, 1.165) is 6.54 Å². The highest BCUT2D eigenvalue weighted by Crippen LogP contribution is 2.05. The van der Waals surface area contributed by atoms with Gasteiger partial charge in [-0.2, -0.15) is 0 Å². The number of hydrogen-bond donors (Lipinski definition) is 1. The van der Waals surface area contributed by atoms with Gasteiger partial charge in [0.1, 0.15) is 6.33 Å². The van der Waals surface area contributed by atoms with Crippen LogP contribution in [-0.4, -0.2) is 46.7 Å². The minimum Gasteiger partial charge on any atom is -0.336 e. The van der Waals surface area contributed by atoms with Gasteiger partial charge in [0, 0.05) is 25.5 Å². The Morgan fingerprint density at radius 3 is 2.87 bits per heavy atom. The molecule has 1 aromatic rings. The molecule has 1 aliphatic rings. The standard InChI is InChI=1S/C10H16N4O/c15-10(14-8-3-11-9-14)12-4-7-13-5-1-2-6-13/h3,8-9H,1-2,4-7H2,(H,12,15). The predicted molar refractivity (Wildman–Crippen MR) is 56.7 cm³/mol. The van der Waals surface area contributed by atoms with Crippen molar-refractivity contribution in [2.75, 3.05) is 26.2 Å². The van der Waals surface area contributed by atoms with Crippen LogP contribution in [0.1, 0.15) is 12.8 Å². The lowest BCUT2D eigenvalue weighted by Crippen LogP contribution is -2.35.